The van der Waals surface area contributed by atoms with E-state index in [-0.39, 0.29) is 0 Å². The first-order chi connectivity index (χ1) is 7.84. The maximum atomic E-state index is 5.92. The third kappa shape index (κ3) is 1.32. The molecule has 3 rings (SSSR count). The maximum absolute atomic E-state index is 5.92. The summed E-state index contributed by atoms with van der Waals surface area (Å²) in [6, 6.07) is 11.8. The van der Waals surface area contributed by atoms with Crippen LogP contribution in [0.4, 0.5) is 5.69 Å². The molecule has 0 bridgehead atoms. The Balaban J connectivity index is 2.25. The summed E-state index contributed by atoms with van der Waals surface area (Å²) in [5.74, 6) is 0. The van der Waals surface area contributed by atoms with Crippen LogP contribution in [0.5, 0.6) is 0 Å². The minimum atomic E-state index is 0.638. The molecule has 0 unspecified atom stereocenters. The number of benzene rings is 1. The molecule has 0 saturated carbocycles. The van der Waals surface area contributed by atoms with Crippen LogP contribution >= 0.6 is 0 Å². The van der Waals surface area contributed by atoms with Crippen LogP contribution in [0.15, 0.2) is 48.8 Å². The molecule has 2 N–H and O–H groups in total. The Kier molecular flexibility index (Phi) is 1.86. The van der Waals surface area contributed by atoms with E-state index in [9.17, 15) is 0 Å². The molecule has 0 radical (unpaired) electrons. The van der Waals surface area contributed by atoms with E-state index in [1.54, 1.807) is 16.9 Å². The van der Waals surface area contributed by atoms with E-state index in [0.717, 1.165) is 11.3 Å². The van der Waals surface area contributed by atoms with Gasteiger partial charge in [0.2, 0.25) is 0 Å². The SMILES string of the molecule is Nc1cc(-c2ccccc2)nn2ccnc12. The maximum Gasteiger partial charge on any atom is 0.176 e. The minimum absolute atomic E-state index is 0.638. The van der Waals surface area contributed by atoms with E-state index in [4.69, 9.17) is 5.73 Å². The molecule has 0 aliphatic rings. The first kappa shape index (κ1) is 8.91. The summed E-state index contributed by atoms with van der Waals surface area (Å²) in [5, 5.41) is 4.44. The van der Waals surface area contributed by atoms with Crippen LogP contribution in [-0.4, -0.2) is 14.6 Å². The normalized spacial score (nSPS) is 10.8. The zero-order valence-electron chi connectivity index (χ0n) is 8.54. The average molecular weight is 210 g/mol. The number of imidazole rings is 1. The molecule has 0 aliphatic carbocycles. The lowest BCUT2D eigenvalue weighted by molar-refractivity contribution is 0.944. The van der Waals surface area contributed by atoms with Gasteiger partial charge >= 0.3 is 0 Å². The molecule has 0 aliphatic heterocycles. The number of rotatable bonds is 1. The molecule has 2 heterocycles. The fourth-order valence-corrected chi connectivity index (χ4v) is 1.69. The highest BCUT2D eigenvalue weighted by Crippen LogP contribution is 2.20. The van der Waals surface area contributed by atoms with Crippen molar-refractivity contribution >= 4 is 11.3 Å². The van der Waals surface area contributed by atoms with Gasteiger partial charge in [-0.25, -0.2) is 9.50 Å². The first-order valence-corrected chi connectivity index (χ1v) is 5.00. The van der Waals surface area contributed by atoms with Crippen molar-refractivity contribution in [3.8, 4) is 11.3 Å². The number of nitrogen functional groups attached to an aromatic ring is 1. The molecule has 0 atom stereocenters. The van der Waals surface area contributed by atoms with Gasteiger partial charge in [0.15, 0.2) is 5.65 Å². The summed E-state index contributed by atoms with van der Waals surface area (Å²) in [4.78, 5) is 4.13. The van der Waals surface area contributed by atoms with E-state index in [1.807, 2.05) is 36.4 Å². The highest BCUT2D eigenvalue weighted by molar-refractivity contribution is 5.71. The van der Waals surface area contributed by atoms with Crippen LogP contribution in [0.2, 0.25) is 0 Å². The van der Waals surface area contributed by atoms with Crippen molar-refractivity contribution in [1.82, 2.24) is 14.6 Å². The van der Waals surface area contributed by atoms with Crippen molar-refractivity contribution in [2.75, 3.05) is 5.73 Å². The molecule has 1 aromatic carbocycles. The van der Waals surface area contributed by atoms with Gasteiger partial charge in [0.25, 0.3) is 0 Å². The van der Waals surface area contributed by atoms with E-state index in [1.165, 1.54) is 0 Å². The monoisotopic (exact) mass is 210 g/mol. The van der Waals surface area contributed by atoms with E-state index in [0.29, 0.717) is 11.3 Å². The number of fused-ring (bicyclic) bond motifs is 1. The molecular weight excluding hydrogens is 200 g/mol. The predicted molar refractivity (Wildman–Crippen MR) is 62.8 cm³/mol. The second-order valence-corrected chi connectivity index (χ2v) is 3.55. The minimum Gasteiger partial charge on any atom is -0.396 e. The Labute approximate surface area is 92.4 Å². The average Bonchev–Trinajstić information content (AvgIpc) is 2.79. The zero-order valence-corrected chi connectivity index (χ0v) is 8.54. The van der Waals surface area contributed by atoms with Crippen LogP contribution in [-0.2, 0) is 0 Å². The standard InChI is InChI=1S/C12H10N4/c13-10-8-11(9-4-2-1-3-5-9)15-16-7-6-14-12(10)16/h1-8H,13H2. The molecule has 16 heavy (non-hydrogen) atoms. The molecule has 4 nitrogen and oxygen atoms in total. The molecule has 78 valence electrons. The number of hydrogen-bond donors (Lipinski definition) is 1. The van der Waals surface area contributed by atoms with E-state index < -0.39 is 0 Å². The number of nitrogens with two attached hydrogens (primary N) is 1. The van der Waals surface area contributed by atoms with Crippen molar-refractivity contribution in [3.63, 3.8) is 0 Å². The molecular formula is C12H10N4. The molecule has 0 fully saturated rings. The summed E-state index contributed by atoms with van der Waals surface area (Å²) in [5.41, 5.74) is 9.14. The second kappa shape index (κ2) is 3.34. The topological polar surface area (TPSA) is 56.2 Å². The molecule has 3 aromatic rings. The van der Waals surface area contributed by atoms with Gasteiger partial charge < -0.3 is 5.73 Å². The summed E-state index contributed by atoms with van der Waals surface area (Å²) >= 11 is 0. The predicted octanol–water partition coefficient (Wildman–Crippen LogP) is 1.98. The van der Waals surface area contributed by atoms with Crippen LogP contribution in [0, 0.1) is 0 Å². The lowest BCUT2D eigenvalue weighted by atomic mass is 10.1. The van der Waals surface area contributed by atoms with E-state index in [2.05, 4.69) is 10.1 Å². The Bertz CT molecular complexity index is 628. The molecule has 0 spiro atoms. The molecule has 0 amide bonds. The summed E-state index contributed by atoms with van der Waals surface area (Å²) < 4.78 is 1.69. The lowest BCUT2D eigenvalue weighted by Gasteiger charge is -2.03. The number of anilines is 1. The van der Waals surface area contributed by atoms with Gasteiger partial charge in [0.05, 0.1) is 11.4 Å². The highest BCUT2D eigenvalue weighted by Gasteiger charge is 2.05. The van der Waals surface area contributed by atoms with Crippen molar-refractivity contribution in [3.05, 3.63) is 48.8 Å². The Morgan fingerprint density at radius 2 is 1.94 bits per heavy atom. The van der Waals surface area contributed by atoms with Gasteiger partial charge in [0, 0.05) is 18.0 Å². The summed E-state index contributed by atoms with van der Waals surface area (Å²) in [7, 11) is 0. The zero-order chi connectivity index (χ0) is 11.0. The number of aromatic nitrogens is 3. The summed E-state index contributed by atoms with van der Waals surface area (Å²) in [6.45, 7) is 0. The Hall–Kier alpha value is -2.36. The third-order valence-electron chi connectivity index (χ3n) is 2.46. The van der Waals surface area contributed by atoms with Gasteiger partial charge in [-0.05, 0) is 6.07 Å². The van der Waals surface area contributed by atoms with Gasteiger partial charge in [-0.2, -0.15) is 5.10 Å². The van der Waals surface area contributed by atoms with Crippen LogP contribution in [0.1, 0.15) is 0 Å². The van der Waals surface area contributed by atoms with Gasteiger partial charge in [-0.3, -0.25) is 0 Å². The summed E-state index contributed by atoms with van der Waals surface area (Å²) in [6.07, 6.45) is 3.48. The van der Waals surface area contributed by atoms with E-state index >= 15 is 0 Å². The smallest absolute Gasteiger partial charge is 0.176 e. The third-order valence-corrected chi connectivity index (χ3v) is 2.46. The molecule has 0 saturated heterocycles. The van der Waals surface area contributed by atoms with Gasteiger partial charge in [0.1, 0.15) is 0 Å². The number of hydrogen-bond acceptors (Lipinski definition) is 3. The van der Waals surface area contributed by atoms with Crippen LogP contribution in [0.25, 0.3) is 16.9 Å². The molecule has 4 heteroatoms. The van der Waals surface area contributed by atoms with Crippen molar-refractivity contribution in [2.24, 2.45) is 0 Å². The van der Waals surface area contributed by atoms with Crippen molar-refractivity contribution in [2.45, 2.75) is 0 Å². The fourth-order valence-electron chi connectivity index (χ4n) is 1.69. The Morgan fingerprint density at radius 1 is 1.12 bits per heavy atom. The highest BCUT2D eigenvalue weighted by atomic mass is 15.2. The van der Waals surface area contributed by atoms with Crippen LogP contribution < -0.4 is 5.73 Å². The molecule has 2 aromatic heterocycles. The van der Waals surface area contributed by atoms with Gasteiger partial charge in [-0.1, -0.05) is 30.3 Å². The van der Waals surface area contributed by atoms with Gasteiger partial charge in [-0.15, -0.1) is 0 Å². The number of nitrogens with zero attached hydrogens (tertiary/aromatic N) is 3. The van der Waals surface area contributed by atoms with Crippen LogP contribution in [0.3, 0.4) is 0 Å². The fraction of sp³-hybridized carbons (Fsp3) is 0. The van der Waals surface area contributed by atoms with Crippen molar-refractivity contribution < 1.29 is 0 Å². The Morgan fingerprint density at radius 3 is 2.75 bits per heavy atom. The first-order valence-electron chi connectivity index (χ1n) is 5.00. The lowest BCUT2D eigenvalue weighted by Crippen LogP contribution is -1.98. The quantitative estimate of drug-likeness (QED) is 0.668. The van der Waals surface area contributed by atoms with Crippen molar-refractivity contribution in [1.29, 1.82) is 0 Å². The largest absolute Gasteiger partial charge is 0.396 e. The second-order valence-electron chi connectivity index (χ2n) is 3.55.